The largest absolute Gasteiger partial charge is 0.394 e. The number of carbonyl (C=O) groups is 1. The van der Waals surface area contributed by atoms with E-state index in [2.05, 4.69) is 36.4 Å². The number of aromatic nitrogens is 1. The molecule has 1 heterocycles. The fourth-order valence-electron chi connectivity index (χ4n) is 1.41. The number of aliphatic hydroxyl groups is 1. The van der Waals surface area contributed by atoms with Crippen molar-refractivity contribution in [2.75, 3.05) is 6.61 Å². The summed E-state index contributed by atoms with van der Waals surface area (Å²) in [5.41, 5.74) is 1.07. The summed E-state index contributed by atoms with van der Waals surface area (Å²) < 4.78 is 0. The molecule has 2 amide bonds. The van der Waals surface area contributed by atoms with Crippen molar-refractivity contribution in [1.29, 1.82) is 0 Å². The lowest BCUT2D eigenvalue weighted by molar-refractivity contribution is 0.214. The SMILES string of the molecule is CCC(CO)NC(=O)NCc1nc(C(C)(C)C)cs1. The molecule has 0 radical (unpaired) electrons. The van der Waals surface area contributed by atoms with Crippen molar-refractivity contribution < 1.29 is 9.90 Å². The number of nitrogens with one attached hydrogen (secondary N) is 2. The molecule has 0 aromatic carbocycles. The van der Waals surface area contributed by atoms with E-state index in [4.69, 9.17) is 5.11 Å². The lowest BCUT2D eigenvalue weighted by atomic mass is 9.93. The van der Waals surface area contributed by atoms with E-state index in [0.717, 1.165) is 10.7 Å². The maximum absolute atomic E-state index is 11.6. The summed E-state index contributed by atoms with van der Waals surface area (Å²) >= 11 is 1.55. The molecule has 0 spiro atoms. The lowest BCUT2D eigenvalue weighted by Crippen LogP contribution is -2.43. The van der Waals surface area contributed by atoms with Crippen LogP contribution in [0.15, 0.2) is 5.38 Å². The van der Waals surface area contributed by atoms with Crippen molar-refractivity contribution in [3.8, 4) is 0 Å². The molecule has 19 heavy (non-hydrogen) atoms. The molecule has 0 aliphatic rings. The zero-order chi connectivity index (χ0) is 14.5. The predicted octanol–water partition coefficient (Wildman–Crippen LogP) is 2.01. The van der Waals surface area contributed by atoms with Gasteiger partial charge in [-0.05, 0) is 6.42 Å². The molecule has 0 bridgehead atoms. The number of rotatable bonds is 5. The van der Waals surface area contributed by atoms with Gasteiger partial charge in [-0.1, -0.05) is 27.7 Å². The minimum atomic E-state index is -0.270. The molecular formula is C13H23N3O2S. The minimum absolute atomic E-state index is 0.0290. The Kier molecular flexibility index (Phi) is 5.75. The van der Waals surface area contributed by atoms with Gasteiger partial charge in [-0.25, -0.2) is 9.78 Å². The molecule has 0 fully saturated rings. The van der Waals surface area contributed by atoms with Gasteiger partial charge in [-0.2, -0.15) is 0 Å². The summed E-state index contributed by atoms with van der Waals surface area (Å²) in [5, 5.41) is 17.4. The molecule has 0 saturated heterocycles. The number of amides is 2. The number of hydrogen-bond acceptors (Lipinski definition) is 4. The van der Waals surface area contributed by atoms with Crippen LogP contribution in [0, 0.1) is 0 Å². The van der Waals surface area contributed by atoms with Gasteiger partial charge in [0.15, 0.2) is 0 Å². The van der Waals surface area contributed by atoms with E-state index in [0.29, 0.717) is 13.0 Å². The Morgan fingerprint density at radius 3 is 2.68 bits per heavy atom. The molecular weight excluding hydrogens is 262 g/mol. The third kappa shape index (κ3) is 5.16. The van der Waals surface area contributed by atoms with Crippen molar-refractivity contribution in [2.45, 2.75) is 52.1 Å². The summed E-state index contributed by atoms with van der Waals surface area (Å²) in [5.74, 6) is 0. The van der Waals surface area contributed by atoms with Gasteiger partial charge >= 0.3 is 6.03 Å². The lowest BCUT2D eigenvalue weighted by Gasteiger charge is -2.15. The van der Waals surface area contributed by atoms with Gasteiger partial charge in [-0.15, -0.1) is 11.3 Å². The first-order chi connectivity index (χ1) is 8.86. The van der Waals surface area contributed by atoms with Crippen LogP contribution in [0.1, 0.15) is 44.8 Å². The highest BCUT2D eigenvalue weighted by Crippen LogP contribution is 2.23. The van der Waals surface area contributed by atoms with Gasteiger partial charge in [0, 0.05) is 10.8 Å². The topological polar surface area (TPSA) is 74.2 Å². The van der Waals surface area contributed by atoms with Crippen LogP contribution in [0.25, 0.3) is 0 Å². The molecule has 0 aliphatic heterocycles. The standard InChI is InChI=1S/C13H23N3O2S/c1-5-9(7-17)15-12(18)14-6-11-16-10(8-19-11)13(2,3)4/h8-9,17H,5-7H2,1-4H3,(H2,14,15,18). The first kappa shape index (κ1) is 15.9. The van der Waals surface area contributed by atoms with Crippen LogP contribution in [0.2, 0.25) is 0 Å². The van der Waals surface area contributed by atoms with Gasteiger partial charge in [0.1, 0.15) is 5.01 Å². The van der Waals surface area contributed by atoms with E-state index in [-0.39, 0.29) is 24.1 Å². The first-order valence-electron chi connectivity index (χ1n) is 6.47. The molecule has 5 nitrogen and oxygen atoms in total. The fourth-order valence-corrected chi connectivity index (χ4v) is 2.37. The first-order valence-corrected chi connectivity index (χ1v) is 7.35. The summed E-state index contributed by atoms with van der Waals surface area (Å²) in [6, 6.07) is -0.463. The van der Waals surface area contributed by atoms with Crippen LogP contribution in [0.5, 0.6) is 0 Å². The molecule has 0 aliphatic carbocycles. The molecule has 1 aromatic rings. The van der Waals surface area contributed by atoms with Gasteiger partial charge < -0.3 is 15.7 Å². The van der Waals surface area contributed by atoms with Crippen molar-refractivity contribution in [1.82, 2.24) is 15.6 Å². The van der Waals surface area contributed by atoms with Crippen molar-refractivity contribution in [3.63, 3.8) is 0 Å². The summed E-state index contributed by atoms with van der Waals surface area (Å²) in [6.07, 6.45) is 0.704. The third-order valence-electron chi connectivity index (χ3n) is 2.77. The fraction of sp³-hybridized carbons (Fsp3) is 0.692. The average Bonchev–Trinajstić information content (AvgIpc) is 2.82. The second kappa shape index (κ2) is 6.86. The Hall–Kier alpha value is -1.14. The highest BCUT2D eigenvalue weighted by molar-refractivity contribution is 7.09. The second-order valence-corrected chi connectivity index (χ2v) is 6.43. The highest BCUT2D eigenvalue weighted by atomic mass is 32.1. The number of nitrogens with zero attached hydrogens (tertiary/aromatic N) is 1. The highest BCUT2D eigenvalue weighted by Gasteiger charge is 2.17. The monoisotopic (exact) mass is 285 g/mol. The molecule has 6 heteroatoms. The van der Waals surface area contributed by atoms with E-state index in [1.807, 2.05) is 12.3 Å². The van der Waals surface area contributed by atoms with E-state index < -0.39 is 0 Å². The zero-order valence-corrected chi connectivity index (χ0v) is 12.8. The molecule has 1 rings (SSSR count). The predicted molar refractivity (Wildman–Crippen MR) is 77.4 cm³/mol. The third-order valence-corrected chi connectivity index (χ3v) is 3.62. The number of aliphatic hydroxyl groups excluding tert-OH is 1. The second-order valence-electron chi connectivity index (χ2n) is 5.49. The van der Waals surface area contributed by atoms with Crippen LogP contribution in [0.3, 0.4) is 0 Å². The Morgan fingerprint density at radius 2 is 2.21 bits per heavy atom. The van der Waals surface area contributed by atoms with E-state index in [1.165, 1.54) is 0 Å². The molecule has 108 valence electrons. The zero-order valence-electron chi connectivity index (χ0n) is 12.0. The van der Waals surface area contributed by atoms with Crippen molar-refractivity contribution in [3.05, 3.63) is 16.1 Å². The maximum Gasteiger partial charge on any atom is 0.315 e. The Morgan fingerprint density at radius 1 is 1.53 bits per heavy atom. The Bertz CT molecular complexity index is 408. The summed E-state index contributed by atoms with van der Waals surface area (Å²) in [6.45, 7) is 8.61. The molecule has 3 N–H and O–H groups in total. The van der Waals surface area contributed by atoms with Gasteiger partial charge in [0.25, 0.3) is 0 Å². The Labute approximate surface area is 118 Å². The van der Waals surface area contributed by atoms with Crippen LogP contribution >= 0.6 is 11.3 Å². The summed E-state index contributed by atoms with van der Waals surface area (Å²) in [7, 11) is 0. The van der Waals surface area contributed by atoms with Crippen LogP contribution in [0.4, 0.5) is 4.79 Å². The summed E-state index contributed by atoms with van der Waals surface area (Å²) in [4.78, 5) is 16.1. The van der Waals surface area contributed by atoms with E-state index in [9.17, 15) is 4.79 Å². The van der Waals surface area contributed by atoms with Gasteiger partial charge in [0.05, 0.1) is 24.9 Å². The smallest absolute Gasteiger partial charge is 0.315 e. The van der Waals surface area contributed by atoms with Crippen molar-refractivity contribution in [2.24, 2.45) is 0 Å². The van der Waals surface area contributed by atoms with Gasteiger partial charge in [-0.3, -0.25) is 0 Å². The van der Waals surface area contributed by atoms with E-state index in [1.54, 1.807) is 11.3 Å². The molecule has 1 atom stereocenters. The van der Waals surface area contributed by atoms with Crippen LogP contribution in [-0.2, 0) is 12.0 Å². The number of hydrogen-bond donors (Lipinski definition) is 3. The van der Waals surface area contributed by atoms with Crippen LogP contribution in [-0.4, -0.2) is 28.8 Å². The number of carbonyl (C=O) groups excluding carboxylic acids is 1. The number of urea groups is 1. The number of thiazole rings is 1. The molecule has 0 saturated carbocycles. The molecule has 1 unspecified atom stereocenters. The maximum atomic E-state index is 11.6. The van der Waals surface area contributed by atoms with E-state index >= 15 is 0 Å². The normalized spacial score (nSPS) is 13.1. The van der Waals surface area contributed by atoms with Crippen LogP contribution < -0.4 is 10.6 Å². The average molecular weight is 285 g/mol. The van der Waals surface area contributed by atoms with Crippen molar-refractivity contribution >= 4 is 17.4 Å². The Balaban J connectivity index is 2.44. The van der Waals surface area contributed by atoms with Gasteiger partial charge in [0.2, 0.25) is 0 Å². The molecule has 1 aromatic heterocycles. The quantitative estimate of drug-likeness (QED) is 0.774. The minimum Gasteiger partial charge on any atom is -0.394 e.